The van der Waals surface area contributed by atoms with Gasteiger partial charge in [0.1, 0.15) is 5.82 Å². The van der Waals surface area contributed by atoms with Crippen LogP contribution in [0.5, 0.6) is 0 Å². The second kappa shape index (κ2) is 11.6. The first kappa shape index (κ1) is 29.6. The standard InChI is InChI=1S/C26H31F4N7O2S/c1-18-14-24-20(16-32-37(24)22-8-6-21(27)7-9-22)15-23(18)25-17-36(40(38,39)19(2)33-34(4)31-3)12-5-11-35(25)13-10-26(28,29)30/h6-9,14-16,25H,3,5,10-13,17H2,1-2,4H3/b33-19+. The van der Waals surface area contributed by atoms with Gasteiger partial charge in [0.15, 0.2) is 5.04 Å². The molecule has 0 N–H and O–H groups in total. The molecule has 3 aromatic rings. The molecule has 1 unspecified atom stereocenters. The van der Waals surface area contributed by atoms with Crippen molar-refractivity contribution in [2.24, 2.45) is 10.2 Å². The SMILES string of the molecule is C=NN(C)/N=C(\C)S(=O)(=O)N1CCCN(CCC(F)(F)F)C(c2cc3cnn(-c4ccc(F)cc4)c3cc2C)C1. The lowest BCUT2D eigenvalue weighted by molar-refractivity contribution is -0.139. The van der Waals surface area contributed by atoms with Crippen molar-refractivity contribution in [3.8, 4) is 5.69 Å². The fraction of sp³-hybridized carbons (Fsp3) is 0.423. The third-order valence-corrected chi connectivity index (χ3v) is 8.78. The molecule has 2 aromatic carbocycles. The average Bonchev–Trinajstić information content (AvgIpc) is 3.16. The normalized spacial score (nSPS) is 18.2. The number of sulfonamides is 1. The zero-order valence-corrected chi connectivity index (χ0v) is 23.3. The number of aryl methyl sites for hydroxylation is 1. The molecule has 0 saturated carbocycles. The van der Waals surface area contributed by atoms with Crippen LogP contribution in [0.15, 0.2) is 52.8 Å². The molecule has 1 aromatic heterocycles. The average molecular weight is 582 g/mol. The number of fused-ring (bicyclic) bond motifs is 1. The number of alkyl halides is 3. The van der Waals surface area contributed by atoms with Crippen LogP contribution in [0.25, 0.3) is 16.6 Å². The predicted octanol–water partition coefficient (Wildman–Crippen LogP) is 4.68. The van der Waals surface area contributed by atoms with E-state index in [1.54, 1.807) is 27.9 Å². The van der Waals surface area contributed by atoms with Gasteiger partial charge in [0.05, 0.1) is 23.8 Å². The van der Waals surface area contributed by atoms with Crippen molar-refractivity contribution in [2.75, 3.05) is 33.2 Å². The van der Waals surface area contributed by atoms with Gasteiger partial charge in [-0.05, 0) is 67.8 Å². The monoisotopic (exact) mass is 581 g/mol. The first-order valence-electron chi connectivity index (χ1n) is 12.6. The van der Waals surface area contributed by atoms with Crippen molar-refractivity contribution >= 4 is 32.7 Å². The van der Waals surface area contributed by atoms with Gasteiger partial charge in [0, 0.05) is 51.4 Å². The summed E-state index contributed by atoms with van der Waals surface area (Å²) in [5, 5.41) is 13.5. The number of rotatable bonds is 7. The molecule has 0 radical (unpaired) electrons. The summed E-state index contributed by atoms with van der Waals surface area (Å²) in [5.74, 6) is -0.377. The minimum Gasteiger partial charge on any atom is -0.295 e. The molecule has 9 nitrogen and oxygen atoms in total. The van der Waals surface area contributed by atoms with E-state index in [0.717, 1.165) is 21.6 Å². The molecule has 4 rings (SSSR count). The van der Waals surface area contributed by atoms with E-state index in [1.807, 2.05) is 19.1 Å². The maximum atomic E-state index is 13.4. The highest BCUT2D eigenvalue weighted by Crippen LogP contribution is 2.34. The van der Waals surface area contributed by atoms with E-state index >= 15 is 0 Å². The Morgan fingerprint density at radius 2 is 1.90 bits per heavy atom. The van der Waals surface area contributed by atoms with Crippen molar-refractivity contribution < 1.29 is 26.0 Å². The highest BCUT2D eigenvalue weighted by atomic mass is 32.2. The Bertz CT molecular complexity index is 1500. The molecule has 1 fully saturated rings. The van der Waals surface area contributed by atoms with E-state index in [-0.39, 0.29) is 37.0 Å². The summed E-state index contributed by atoms with van der Waals surface area (Å²) in [6.07, 6.45) is -3.40. The van der Waals surface area contributed by atoms with Crippen LogP contribution in [0, 0.1) is 12.7 Å². The fourth-order valence-electron chi connectivity index (χ4n) is 4.87. The van der Waals surface area contributed by atoms with Gasteiger partial charge in [-0.15, -0.1) is 5.10 Å². The summed E-state index contributed by atoms with van der Waals surface area (Å²) in [7, 11) is -2.59. The van der Waals surface area contributed by atoms with E-state index in [1.165, 1.54) is 30.4 Å². The zero-order chi connectivity index (χ0) is 29.2. The summed E-state index contributed by atoms with van der Waals surface area (Å²) in [6.45, 7) is 6.58. The van der Waals surface area contributed by atoms with Crippen molar-refractivity contribution in [1.82, 2.24) is 24.1 Å². The molecule has 1 atom stereocenters. The van der Waals surface area contributed by atoms with E-state index < -0.39 is 28.7 Å². The van der Waals surface area contributed by atoms with Gasteiger partial charge in [-0.1, -0.05) is 0 Å². The molecule has 2 heterocycles. The smallest absolute Gasteiger partial charge is 0.295 e. The van der Waals surface area contributed by atoms with Crippen LogP contribution in [-0.2, 0) is 10.0 Å². The Kier molecular flexibility index (Phi) is 8.61. The Morgan fingerprint density at radius 3 is 2.55 bits per heavy atom. The van der Waals surface area contributed by atoms with Crippen LogP contribution in [0.2, 0.25) is 0 Å². The largest absolute Gasteiger partial charge is 0.390 e. The molecule has 0 spiro atoms. The molecular formula is C26H31F4N7O2S. The molecule has 1 aliphatic heterocycles. The lowest BCUT2D eigenvalue weighted by Crippen LogP contribution is -2.41. The van der Waals surface area contributed by atoms with Crippen LogP contribution in [0.1, 0.15) is 36.9 Å². The van der Waals surface area contributed by atoms with E-state index in [9.17, 15) is 26.0 Å². The lowest BCUT2D eigenvalue weighted by Gasteiger charge is -2.33. The Balaban J connectivity index is 1.76. The van der Waals surface area contributed by atoms with Crippen LogP contribution < -0.4 is 0 Å². The zero-order valence-electron chi connectivity index (χ0n) is 22.4. The summed E-state index contributed by atoms with van der Waals surface area (Å²) >= 11 is 0. The molecule has 40 heavy (non-hydrogen) atoms. The van der Waals surface area contributed by atoms with E-state index in [2.05, 4.69) is 22.0 Å². The molecule has 1 aliphatic rings. The van der Waals surface area contributed by atoms with Crippen LogP contribution in [0.3, 0.4) is 0 Å². The maximum absolute atomic E-state index is 13.4. The minimum atomic E-state index is -4.36. The first-order chi connectivity index (χ1) is 18.8. The molecule has 0 bridgehead atoms. The highest BCUT2D eigenvalue weighted by Gasteiger charge is 2.36. The van der Waals surface area contributed by atoms with Crippen LogP contribution in [-0.4, -0.2) is 83.7 Å². The van der Waals surface area contributed by atoms with Crippen molar-refractivity contribution in [2.45, 2.75) is 38.9 Å². The van der Waals surface area contributed by atoms with Crippen molar-refractivity contribution in [3.05, 3.63) is 59.5 Å². The van der Waals surface area contributed by atoms with Crippen molar-refractivity contribution in [1.29, 1.82) is 0 Å². The van der Waals surface area contributed by atoms with Crippen LogP contribution in [0.4, 0.5) is 17.6 Å². The molecule has 0 aliphatic carbocycles. The minimum absolute atomic E-state index is 0.0588. The second-order valence-electron chi connectivity index (χ2n) is 9.68. The van der Waals surface area contributed by atoms with Crippen LogP contribution >= 0.6 is 0 Å². The van der Waals surface area contributed by atoms with Gasteiger partial charge < -0.3 is 0 Å². The molecular weight excluding hydrogens is 550 g/mol. The van der Waals surface area contributed by atoms with Gasteiger partial charge in [0.25, 0.3) is 10.0 Å². The first-order valence-corrected chi connectivity index (χ1v) is 14.0. The second-order valence-corrected chi connectivity index (χ2v) is 11.7. The maximum Gasteiger partial charge on any atom is 0.390 e. The summed E-state index contributed by atoms with van der Waals surface area (Å²) in [4.78, 5) is 1.70. The number of aromatic nitrogens is 2. The quantitative estimate of drug-likeness (QED) is 0.175. The third kappa shape index (κ3) is 6.50. The number of nitrogens with zero attached hydrogens (tertiary/aromatic N) is 7. The summed E-state index contributed by atoms with van der Waals surface area (Å²) in [6, 6.07) is 8.91. The number of benzene rings is 2. The Labute approximate surface area is 230 Å². The van der Waals surface area contributed by atoms with Gasteiger partial charge in [-0.3, -0.25) is 4.90 Å². The summed E-state index contributed by atoms with van der Waals surface area (Å²) < 4.78 is 83.0. The number of halogens is 4. The van der Waals surface area contributed by atoms with Gasteiger partial charge >= 0.3 is 6.18 Å². The molecule has 1 saturated heterocycles. The van der Waals surface area contributed by atoms with Crippen molar-refractivity contribution in [3.63, 3.8) is 0 Å². The van der Waals surface area contributed by atoms with Gasteiger partial charge in [-0.25, -0.2) is 17.5 Å². The van der Waals surface area contributed by atoms with Gasteiger partial charge in [0.2, 0.25) is 0 Å². The Morgan fingerprint density at radius 1 is 1.20 bits per heavy atom. The van der Waals surface area contributed by atoms with E-state index in [4.69, 9.17) is 0 Å². The number of hydrogen-bond donors (Lipinski definition) is 0. The predicted molar refractivity (Wildman–Crippen MR) is 146 cm³/mol. The Hall–Kier alpha value is -3.36. The fourth-order valence-corrected chi connectivity index (χ4v) is 6.18. The number of hydrazone groups is 2. The molecule has 14 heteroatoms. The molecule has 0 amide bonds. The van der Waals surface area contributed by atoms with Gasteiger partial charge in [-0.2, -0.15) is 32.8 Å². The third-order valence-electron chi connectivity index (χ3n) is 6.94. The topological polar surface area (TPSA) is 86.4 Å². The number of hydrogen-bond acceptors (Lipinski definition) is 7. The lowest BCUT2D eigenvalue weighted by atomic mass is 9.97. The highest BCUT2D eigenvalue weighted by molar-refractivity contribution is 8.04. The van der Waals surface area contributed by atoms with E-state index in [0.29, 0.717) is 17.7 Å². The summed E-state index contributed by atoms with van der Waals surface area (Å²) in [5.41, 5.74) is 2.85. The molecule has 216 valence electrons.